The molecule has 0 bridgehead atoms. The molecule has 0 aliphatic heterocycles. The molecule has 0 radical (unpaired) electrons. The predicted molar refractivity (Wildman–Crippen MR) is 74.4 cm³/mol. The molecule has 0 saturated heterocycles. The van der Waals surface area contributed by atoms with Gasteiger partial charge in [-0.25, -0.2) is 0 Å². The quantitative estimate of drug-likeness (QED) is 0.818. The van der Waals surface area contributed by atoms with E-state index in [1.54, 1.807) is 7.11 Å². The number of ether oxygens (including phenoxy) is 3. The molecule has 1 N–H and O–H groups in total. The van der Waals surface area contributed by atoms with E-state index in [4.69, 9.17) is 14.2 Å². The molecule has 4 nitrogen and oxygen atoms in total. The van der Waals surface area contributed by atoms with Gasteiger partial charge in [-0.2, -0.15) is 0 Å². The van der Waals surface area contributed by atoms with Gasteiger partial charge in [0.2, 0.25) is 0 Å². The number of methoxy groups -OCH3 is 1. The average molecular weight is 265 g/mol. The molecule has 1 saturated carbocycles. The summed E-state index contributed by atoms with van der Waals surface area (Å²) in [5, 5.41) is 3.26. The van der Waals surface area contributed by atoms with Gasteiger partial charge in [-0.3, -0.25) is 0 Å². The van der Waals surface area contributed by atoms with Crippen LogP contribution in [0.5, 0.6) is 5.75 Å². The fraction of sp³-hybridized carbons (Fsp3) is 0.600. The van der Waals surface area contributed by atoms with E-state index in [0.29, 0.717) is 12.6 Å². The number of nitrogens with one attached hydrogen (secondary N) is 1. The number of likely N-dealkylation sites (N-methyl/N-ethyl adjacent to an activating group) is 1. The summed E-state index contributed by atoms with van der Waals surface area (Å²) in [6.07, 6.45) is 1.36. The monoisotopic (exact) mass is 265 g/mol. The Kier molecular flexibility index (Phi) is 5.19. The Morgan fingerprint density at radius 1 is 1.32 bits per heavy atom. The summed E-state index contributed by atoms with van der Waals surface area (Å²) in [6.45, 7) is 3.34. The van der Waals surface area contributed by atoms with Gasteiger partial charge < -0.3 is 19.5 Å². The van der Waals surface area contributed by atoms with Crippen LogP contribution in [-0.2, 0) is 16.1 Å². The van der Waals surface area contributed by atoms with Crippen molar-refractivity contribution in [3.63, 3.8) is 0 Å². The molecule has 1 fully saturated rings. The molecule has 0 heterocycles. The molecule has 0 spiro atoms. The number of hydrogen-bond acceptors (Lipinski definition) is 4. The maximum atomic E-state index is 5.94. The van der Waals surface area contributed by atoms with Crippen LogP contribution in [0.25, 0.3) is 0 Å². The van der Waals surface area contributed by atoms with Gasteiger partial charge in [0.1, 0.15) is 5.75 Å². The first-order valence-electron chi connectivity index (χ1n) is 6.81. The minimum atomic E-state index is 0.167. The van der Waals surface area contributed by atoms with Gasteiger partial charge in [0, 0.05) is 12.6 Å². The topological polar surface area (TPSA) is 39.7 Å². The molecule has 4 heteroatoms. The van der Waals surface area contributed by atoms with E-state index in [0.717, 1.165) is 24.3 Å². The van der Waals surface area contributed by atoms with Crippen LogP contribution in [0, 0.1) is 0 Å². The molecule has 0 aromatic heterocycles. The molecule has 106 valence electrons. The lowest BCUT2D eigenvalue weighted by molar-refractivity contribution is -0.148. The highest BCUT2D eigenvalue weighted by Gasteiger charge is 2.41. The molecule has 0 amide bonds. The zero-order valence-corrected chi connectivity index (χ0v) is 11.9. The van der Waals surface area contributed by atoms with E-state index in [1.807, 2.05) is 38.2 Å². The van der Waals surface area contributed by atoms with E-state index >= 15 is 0 Å². The first-order chi connectivity index (χ1) is 9.28. The van der Waals surface area contributed by atoms with Crippen LogP contribution in [0.4, 0.5) is 0 Å². The SMILES string of the molecule is CCOC1C(NC)CC1OCc1cccc(OC)c1. The second-order valence-corrected chi connectivity index (χ2v) is 4.75. The summed E-state index contributed by atoms with van der Waals surface area (Å²) in [4.78, 5) is 0. The highest BCUT2D eigenvalue weighted by molar-refractivity contribution is 5.27. The van der Waals surface area contributed by atoms with Crippen LogP contribution < -0.4 is 10.1 Å². The molecule has 1 aliphatic rings. The van der Waals surface area contributed by atoms with E-state index in [-0.39, 0.29) is 12.2 Å². The minimum Gasteiger partial charge on any atom is -0.497 e. The van der Waals surface area contributed by atoms with Crippen molar-refractivity contribution in [2.75, 3.05) is 20.8 Å². The summed E-state index contributed by atoms with van der Waals surface area (Å²) < 4.78 is 16.9. The number of benzene rings is 1. The molecule has 2 rings (SSSR count). The second-order valence-electron chi connectivity index (χ2n) is 4.75. The van der Waals surface area contributed by atoms with Crippen molar-refractivity contribution in [3.05, 3.63) is 29.8 Å². The lowest BCUT2D eigenvalue weighted by atomic mass is 9.85. The molecule has 19 heavy (non-hydrogen) atoms. The van der Waals surface area contributed by atoms with Crippen LogP contribution in [0.2, 0.25) is 0 Å². The summed E-state index contributed by atoms with van der Waals surface area (Å²) in [6, 6.07) is 8.38. The van der Waals surface area contributed by atoms with Crippen LogP contribution in [-0.4, -0.2) is 39.0 Å². The Labute approximate surface area is 115 Å². The van der Waals surface area contributed by atoms with E-state index in [9.17, 15) is 0 Å². The van der Waals surface area contributed by atoms with E-state index < -0.39 is 0 Å². The van der Waals surface area contributed by atoms with E-state index in [2.05, 4.69) is 5.32 Å². The van der Waals surface area contributed by atoms with Crippen LogP contribution in [0.1, 0.15) is 18.9 Å². The summed E-state index contributed by atoms with van der Waals surface area (Å²) in [5.74, 6) is 0.865. The number of hydrogen-bond donors (Lipinski definition) is 1. The molecular formula is C15H23NO3. The maximum Gasteiger partial charge on any atom is 0.119 e. The zero-order chi connectivity index (χ0) is 13.7. The van der Waals surface area contributed by atoms with Gasteiger partial charge in [0.15, 0.2) is 0 Å². The minimum absolute atomic E-state index is 0.167. The van der Waals surface area contributed by atoms with E-state index in [1.165, 1.54) is 0 Å². The smallest absolute Gasteiger partial charge is 0.119 e. The van der Waals surface area contributed by atoms with Crippen molar-refractivity contribution in [2.45, 2.75) is 38.2 Å². The first kappa shape index (κ1) is 14.3. The molecule has 3 atom stereocenters. The van der Waals surface area contributed by atoms with Crippen LogP contribution in [0.3, 0.4) is 0 Å². The van der Waals surface area contributed by atoms with Gasteiger partial charge in [-0.1, -0.05) is 12.1 Å². The van der Waals surface area contributed by atoms with Gasteiger partial charge in [0.05, 0.1) is 25.9 Å². The van der Waals surface area contributed by atoms with Crippen molar-refractivity contribution in [2.24, 2.45) is 0 Å². The van der Waals surface area contributed by atoms with Gasteiger partial charge in [0.25, 0.3) is 0 Å². The fourth-order valence-electron chi connectivity index (χ4n) is 2.41. The Hall–Kier alpha value is -1.10. The summed E-state index contributed by atoms with van der Waals surface area (Å²) in [7, 11) is 3.64. The zero-order valence-electron chi connectivity index (χ0n) is 11.9. The third-order valence-electron chi connectivity index (χ3n) is 3.58. The molecular weight excluding hydrogens is 242 g/mol. The van der Waals surface area contributed by atoms with Gasteiger partial charge >= 0.3 is 0 Å². The number of rotatable bonds is 7. The highest BCUT2D eigenvalue weighted by Crippen LogP contribution is 2.28. The molecule has 1 aromatic carbocycles. The average Bonchev–Trinajstić information content (AvgIpc) is 2.44. The Morgan fingerprint density at radius 3 is 2.84 bits per heavy atom. The van der Waals surface area contributed by atoms with Crippen LogP contribution in [0.15, 0.2) is 24.3 Å². The second kappa shape index (κ2) is 6.89. The van der Waals surface area contributed by atoms with Gasteiger partial charge in [-0.05, 0) is 38.1 Å². The predicted octanol–water partition coefficient (Wildman–Crippen LogP) is 1.98. The Bertz CT molecular complexity index is 397. The lowest BCUT2D eigenvalue weighted by Crippen LogP contribution is -2.59. The molecule has 1 aromatic rings. The normalized spacial score (nSPS) is 25.9. The Morgan fingerprint density at radius 2 is 2.16 bits per heavy atom. The first-order valence-corrected chi connectivity index (χ1v) is 6.81. The highest BCUT2D eigenvalue weighted by atomic mass is 16.5. The molecule has 1 aliphatic carbocycles. The van der Waals surface area contributed by atoms with Crippen molar-refractivity contribution >= 4 is 0 Å². The fourth-order valence-corrected chi connectivity index (χ4v) is 2.41. The lowest BCUT2D eigenvalue weighted by Gasteiger charge is -2.43. The summed E-state index contributed by atoms with van der Waals surface area (Å²) in [5.41, 5.74) is 1.13. The third kappa shape index (κ3) is 3.47. The third-order valence-corrected chi connectivity index (χ3v) is 3.58. The Balaban J connectivity index is 1.84. The van der Waals surface area contributed by atoms with Crippen molar-refractivity contribution in [1.29, 1.82) is 0 Å². The van der Waals surface area contributed by atoms with Crippen molar-refractivity contribution < 1.29 is 14.2 Å². The van der Waals surface area contributed by atoms with Gasteiger partial charge in [-0.15, -0.1) is 0 Å². The standard InChI is InChI=1S/C15H23NO3/c1-4-18-15-13(16-2)9-14(15)19-10-11-6-5-7-12(8-11)17-3/h5-8,13-16H,4,9-10H2,1-3H3. The van der Waals surface area contributed by atoms with Crippen LogP contribution >= 0.6 is 0 Å². The maximum absolute atomic E-state index is 5.94. The van der Waals surface area contributed by atoms with Crippen molar-refractivity contribution in [1.82, 2.24) is 5.32 Å². The summed E-state index contributed by atoms with van der Waals surface area (Å²) >= 11 is 0. The largest absolute Gasteiger partial charge is 0.497 e. The van der Waals surface area contributed by atoms with Crippen molar-refractivity contribution in [3.8, 4) is 5.75 Å². The molecule has 3 unspecified atom stereocenters.